The predicted molar refractivity (Wildman–Crippen MR) is 89.7 cm³/mol. The fourth-order valence-electron chi connectivity index (χ4n) is 2.46. The van der Waals surface area contributed by atoms with E-state index in [1.54, 1.807) is 7.05 Å². The minimum Gasteiger partial charge on any atom is -0.350 e. The third-order valence-electron chi connectivity index (χ3n) is 3.74. The van der Waals surface area contributed by atoms with Crippen LogP contribution in [-0.2, 0) is 9.59 Å². The van der Waals surface area contributed by atoms with Gasteiger partial charge < -0.3 is 10.2 Å². The van der Waals surface area contributed by atoms with Gasteiger partial charge in [-0.05, 0) is 31.0 Å². The number of halogens is 1. The first-order valence-corrected chi connectivity index (χ1v) is 8.28. The van der Waals surface area contributed by atoms with Gasteiger partial charge in [-0.25, -0.2) is 4.79 Å². The molecule has 1 saturated heterocycles. The highest BCUT2D eigenvalue weighted by Gasteiger charge is 2.32. The summed E-state index contributed by atoms with van der Waals surface area (Å²) >= 11 is 3.41. The van der Waals surface area contributed by atoms with Gasteiger partial charge in [0.05, 0.1) is 6.04 Å². The predicted octanol–water partition coefficient (Wildman–Crippen LogP) is 2.30. The van der Waals surface area contributed by atoms with E-state index in [-0.39, 0.29) is 43.4 Å². The molecule has 0 bridgehead atoms. The Kier molecular flexibility index (Phi) is 5.76. The summed E-state index contributed by atoms with van der Waals surface area (Å²) in [6.07, 6.45) is 0.738. The molecule has 1 heterocycles. The van der Waals surface area contributed by atoms with E-state index in [1.165, 1.54) is 9.80 Å². The molecule has 1 atom stereocenters. The van der Waals surface area contributed by atoms with Crippen LogP contribution in [0.15, 0.2) is 28.7 Å². The Morgan fingerprint density at radius 2 is 2.13 bits per heavy atom. The molecule has 1 aliphatic rings. The molecule has 1 N–H and O–H groups in total. The number of carbonyl (C=O) groups is 3. The van der Waals surface area contributed by atoms with E-state index in [0.717, 1.165) is 10.0 Å². The van der Waals surface area contributed by atoms with E-state index < -0.39 is 0 Å². The van der Waals surface area contributed by atoms with Gasteiger partial charge in [-0.1, -0.05) is 28.1 Å². The zero-order valence-corrected chi connectivity index (χ0v) is 14.8. The number of hydrogen-bond acceptors (Lipinski definition) is 3. The van der Waals surface area contributed by atoms with Crippen LogP contribution in [0.25, 0.3) is 0 Å². The van der Waals surface area contributed by atoms with Crippen molar-refractivity contribution in [2.24, 2.45) is 0 Å². The van der Waals surface area contributed by atoms with Crippen molar-refractivity contribution in [3.8, 4) is 0 Å². The Bertz CT molecular complexity index is 620. The lowest BCUT2D eigenvalue weighted by atomic mass is 10.1. The molecule has 0 radical (unpaired) electrons. The van der Waals surface area contributed by atoms with Crippen LogP contribution in [0.5, 0.6) is 0 Å². The zero-order valence-electron chi connectivity index (χ0n) is 13.2. The highest BCUT2D eigenvalue weighted by atomic mass is 79.9. The van der Waals surface area contributed by atoms with Crippen LogP contribution in [0.3, 0.4) is 0 Å². The minimum atomic E-state index is -0.294. The number of nitrogens with zero attached hydrogens (tertiary/aromatic N) is 2. The Morgan fingerprint density at radius 1 is 1.39 bits per heavy atom. The number of likely N-dealkylation sites (N-methyl/N-ethyl adjacent to an activating group) is 1. The van der Waals surface area contributed by atoms with E-state index >= 15 is 0 Å². The summed E-state index contributed by atoms with van der Waals surface area (Å²) in [6.45, 7) is 2.31. The first kappa shape index (κ1) is 17.5. The Hall–Kier alpha value is -1.89. The topological polar surface area (TPSA) is 69.7 Å². The van der Waals surface area contributed by atoms with Crippen molar-refractivity contribution in [2.75, 3.05) is 20.1 Å². The van der Waals surface area contributed by atoms with Gasteiger partial charge in [0.1, 0.15) is 6.54 Å². The molecule has 2 rings (SSSR count). The number of carbonyl (C=O) groups excluding carboxylic acids is 3. The summed E-state index contributed by atoms with van der Waals surface area (Å²) in [7, 11) is 1.59. The molecule has 4 amide bonds. The molecule has 7 heteroatoms. The lowest BCUT2D eigenvalue weighted by Gasteiger charge is -2.16. The number of urea groups is 1. The summed E-state index contributed by atoms with van der Waals surface area (Å²) in [4.78, 5) is 37.9. The maximum atomic E-state index is 12.0. The normalized spacial score (nSPS) is 16.0. The van der Waals surface area contributed by atoms with Crippen LogP contribution in [-0.4, -0.2) is 47.8 Å². The lowest BCUT2D eigenvalue weighted by molar-refractivity contribution is -0.126. The van der Waals surface area contributed by atoms with E-state index in [2.05, 4.69) is 21.2 Å². The molecule has 23 heavy (non-hydrogen) atoms. The van der Waals surface area contributed by atoms with Gasteiger partial charge in [0.25, 0.3) is 0 Å². The van der Waals surface area contributed by atoms with E-state index in [4.69, 9.17) is 0 Å². The standard InChI is InChI=1S/C16H20BrN3O3/c1-11(12-5-3-6-13(17)9-12)18-14(21)7-4-8-20-15(22)10-19(2)16(20)23/h3,5-6,9,11H,4,7-8,10H2,1-2H3,(H,18,21). The number of imide groups is 1. The summed E-state index contributed by atoms with van der Waals surface area (Å²) in [5, 5.41) is 2.92. The quantitative estimate of drug-likeness (QED) is 0.768. The largest absolute Gasteiger partial charge is 0.350 e. The second-order valence-corrected chi connectivity index (χ2v) is 6.55. The molecule has 1 aromatic rings. The molecule has 1 fully saturated rings. The van der Waals surface area contributed by atoms with Gasteiger partial charge in [0.2, 0.25) is 11.8 Å². The molecular weight excluding hydrogens is 362 g/mol. The molecule has 0 aliphatic carbocycles. The van der Waals surface area contributed by atoms with Crippen molar-refractivity contribution in [1.82, 2.24) is 15.1 Å². The summed E-state index contributed by atoms with van der Waals surface area (Å²) in [6, 6.07) is 7.37. The second-order valence-electron chi connectivity index (χ2n) is 5.63. The molecule has 1 unspecified atom stereocenters. The molecule has 0 aromatic heterocycles. The average Bonchev–Trinajstić information content (AvgIpc) is 2.73. The Morgan fingerprint density at radius 3 is 2.74 bits per heavy atom. The first-order chi connectivity index (χ1) is 10.9. The van der Waals surface area contributed by atoms with Gasteiger partial charge in [0, 0.05) is 24.5 Å². The van der Waals surface area contributed by atoms with E-state index in [0.29, 0.717) is 6.42 Å². The number of hydrogen-bond donors (Lipinski definition) is 1. The lowest BCUT2D eigenvalue weighted by Crippen LogP contribution is -2.33. The van der Waals surface area contributed by atoms with Crippen LogP contribution in [0.4, 0.5) is 4.79 Å². The van der Waals surface area contributed by atoms with Crippen molar-refractivity contribution >= 4 is 33.8 Å². The van der Waals surface area contributed by atoms with Crippen LogP contribution < -0.4 is 5.32 Å². The van der Waals surface area contributed by atoms with Crippen molar-refractivity contribution in [3.05, 3.63) is 34.3 Å². The maximum Gasteiger partial charge on any atom is 0.326 e. The van der Waals surface area contributed by atoms with Gasteiger partial charge in [-0.15, -0.1) is 0 Å². The minimum absolute atomic E-state index is 0.0927. The van der Waals surface area contributed by atoms with Crippen molar-refractivity contribution in [3.63, 3.8) is 0 Å². The van der Waals surface area contributed by atoms with Gasteiger partial charge >= 0.3 is 6.03 Å². The molecule has 124 valence electrons. The average molecular weight is 382 g/mol. The fourth-order valence-corrected chi connectivity index (χ4v) is 2.88. The second kappa shape index (κ2) is 7.59. The highest BCUT2D eigenvalue weighted by molar-refractivity contribution is 9.10. The van der Waals surface area contributed by atoms with Crippen molar-refractivity contribution in [1.29, 1.82) is 0 Å². The molecule has 0 spiro atoms. The number of nitrogens with one attached hydrogen (secondary N) is 1. The SMILES string of the molecule is CC(NC(=O)CCCN1C(=O)CN(C)C1=O)c1cccc(Br)c1. The third-order valence-corrected chi connectivity index (χ3v) is 4.24. The highest BCUT2D eigenvalue weighted by Crippen LogP contribution is 2.18. The summed E-state index contributed by atoms with van der Waals surface area (Å²) in [5.41, 5.74) is 1.01. The van der Waals surface area contributed by atoms with Crippen LogP contribution in [0.1, 0.15) is 31.4 Å². The van der Waals surface area contributed by atoms with E-state index in [9.17, 15) is 14.4 Å². The van der Waals surface area contributed by atoms with Crippen LogP contribution in [0, 0.1) is 0 Å². The number of amides is 4. The van der Waals surface area contributed by atoms with Crippen LogP contribution in [0.2, 0.25) is 0 Å². The number of benzene rings is 1. The number of rotatable bonds is 6. The monoisotopic (exact) mass is 381 g/mol. The van der Waals surface area contributed by atoms with E-state index in [1.807, 2.05) is 31.2 Å². The summed E-state index contributed by atoms with van der Waals surface area (Å²) in [5.74, 6) is -0.301. The molecule has 6 nitrogen and oxygen atoms in total. The maximum absolute atomic E-state index is 12.0. The Balaban J connectivity index is 1.77. The smallest absolute Gasteiger partial charge is 0.326 e. The molecule has 1 aromatic carbocycles. The van der Waals surface area contributed by atoms with Gasteiger partial charge in [-0.3, -0.25) is 14.5 Å². The van der Waals surface area contributed by atoms with Crippen molar-refractivity contribution < 1.29 is 14.4 Å². The zero-order chi connectivity index (χ0) is 17.0. The Labute approximate surface area is 143 Å². The molecule has 1 aliphatic heterocycles. The van der Waals surface area contributed by atoms with Crippen molar-refractivity contribution in [2.45, 2.75) is 25.8 Å². The molecular formula is C16H20BrN3O3. The fraction of sp³-hybridized carbons (Fsp3) is 0.438. The van der Waals surface area contributed by atoms with Gasteiger partial charge in [-0.2, -0.15) is 0 Å². The summed E-state index contributed by atoms with van der Waals surface area (Å²) < 4.78 is 0.964. The van der Waals surface area contributed by atoms with Gasteiger partial charge in [0.15, 0.2) is 0 Å². The third kappa shape index (κ3) is 4.54. The van der Waals surface area contributed by atoms with Crippen LogP contribution >= 0.6 is 15.9 Å². The molecule has 0 saturated carbocycles. The first-order valence-electron chi connectivity index (χ1n) is 7.49.